The van der Waals surface area contributed by atoms with Crippen molar-refractivity contribution < 1.29 is 31.2 Å². The molecule has 2 atom stereocenters. The highest BCUT2D eigenvalue weighted by atomic mass is 32.2. The van der Waals surface area contributed by atoms with Crippen molar-refractivity contribution in [3.8, 4) is 12.3 Å². The van der Waals surface area contributed by atoms with Crippen LogP contribution in [0.25, 0.3) is 0 Å². The van der Waals surface area contributed by atoms with Gasteiger partial charge >= 0.3 is 6.18 Å². The highest BCUT2D eigenvalue weighted by molar-refractivity contribution is 7.89. The maximum Gasteiger partial charge on any atom is 0.416 e. The number of likely N-dealkylation sites (tertiary alicyclic amines) is 1. The van der Waals surface area contributed by atoms with Gasteiger partial charge in [0.25, 0.3) is 5.91 Å². The number of sulfonamides is 1. The standard InChI is InChI=1S/C25H26F3N3O4S/c1-4-14-30(3)36(34,35)21-8-5-7-19(16-21)24(33)31-15-6-9-22(31)23(32)29-17(2)18-10-12-20(13-11-18)25(26,27)28/h1,5,7-8,10-13,16-17,22H,6,9,14-15H2,2-3H3,(H,29,32)/t17-,22-/m1/s1. The molecule has 192 valence electrons. The van der Waals surface area contributed by atoms with Crippen molar-refractivity contribution in [2.75, 3.05) is 20.1 Å². The lowest BCUT2D eigenvalue weighted by atomic mass is 10.0. The van der Waals surface area contributed by atoms with E-state index in [1.165, 1.54) is 48.3 Å². The van der Waals surface area contributed by atoms with Crippen LogP contribution in [0.2, 0.25) is 0 Å². The highest BCUT2D eigenvalue weighted by Crippen LogP contribution is 2.30. The van der Waals surface area contributed by atoms with E-state index in [9.17, 15) is 31.2 Å². The molecule has 1 saturated heterocycles. The van der Waals surface area contributed by atoms with Crippen molar-refractivity contribution in [2.24, 2.45) is 0 Å². The predicted octanol–water partition coefficient (Wildman–Crippen LogP) is 3.44. The molecule has 0 radical (unpaired) electrons. The van der Waals surface area contributed by atoms with E-state index in [2.05, 4.69) is 11.2 Å². The van der Waals surface area contributed by atoms with Gasteiger partial charge in [0.1, 0.15) is 6.04 Å². The van der Waals surface area contributed by atoms with E-state index >= 15 is 0 Å². The number of rotatable bonds is 7. The van der Waals surface area contributed by atoms with Crippen LogP contribution in [0.5, 0.6) is 0 Å². The number of hydrogen-bond donors (Lipinski definition) is 1. The Bertz CT molecular complexity index is 1270. The normalized spacial score (nSPS) is 17.0. The number of nitrogens with one attached hydrogen (secondary N) is 1. The number of benzene rings is 2. The Balaban J connectivity index is 1.74. The van der Waals surface area contributed by atoms with Crippen LogP contribution in [0.1, 0.15) is 47.3 Å². The van der Waals surface area contributed by atoms with E-state index in [1.807, 2.05) is 0 Å². The molecule has 7 nitrogen and oxygen atoms in total. The summed E-state index contributed by atoms with van der Waals surface area (Å²) in [7, 11) is -2.56. The monoisotopic (exact) mass is 521 g/mol. The summed E-state index contributed by atoms with van der Waals surface area (Å²) in [4.78, 5) is 27.5. The van der Waals surface area contributed by atoms with Gasteiger partial charge in [-0.25, -0.2) is 8.42 Å². The Morgan fingerprint density at radius 1 is 1.22 bits per heavy atom. The lowest BCUT2D eigenvalue weighted by molar-refractivity contribution is -0.137. The predicted molar refractivity (Wildman–Crippen MR) is 127 cm³/mol. The zero-order chi connectivity index (χ0) is 26.7. The second-order valence-electron chi connectivity index (χ2n) is 8.50. The third-order valence-electron chi connectivity index (χ3n) is 6.02. The van der Waals surface area contributed by atoms with Crippen LogP contribution < -0.4 is 5.32 Å². The van der Waals surface area contributed by atoms with Gasteiger partial charge in [0.05, 0.1) is 23.0 Å². The molecule has 1 aliphatic rings. The third-order valence-corrected chi connectivity index (χ3v) is 7.82. The van der Waals surface area contributed by atoms with Crippen molar-refractivity contribution in [3.63, 3.8) is 0 Å². The molecule has 36 heavy (non-hydrogen) atoms. The van der Waals surface area contributed by atoms with Crippen LogP contribution in [-0.2, 0) is 21.0 Å². The maximum atomic E-state index is 13.2. The van der Waals surface area contributed by atoms with Crippen molar-refractivity contribution in [1.29, 1.82) is 0 Å². The fourth-order valence-corrected chi connectivity index (χ4v) is 5.12. The van der Waals surface area contributed by atoms with Gasteiger partial charge in [0.15, 0.2) is 0 Å². The lowest BCUT2D eigenvalue weighted by Crippen LogP contribution is -2.46. The van der Waals surface area contributed by atoms with Crippen LogP contribution >= 0.6 is 0 Å². The molecule has 1 N–H and O–H groups in total. The van der Waals surface area contributed by atoms with Crippen LogP contribution in [-0.4, -0.2) is 55.6 Å². The Morgan fingerprint density at radius 3 is 2.50 bits per heavy atom. The molecule has 2 aromatic rings. The molecule has 0 aliphatic carbocycles. The summed E-state index contributed by atoms with van der Waals surface area (Å²) in [6, 6.07) is 8.65. The maximum absolute atomic E-state index is 13.2. The number of halogens is 3. The summed E-state index contributed by atoms with van der Waals surface area (Å²) in [5.74, 6) is 1.32. The van der Waals surface area contributed by atoms with Gasteiger partial charge in [0, 0.05) is 19.2 Å². The summed E-state index contributed by atoms with van der Waals surface area (Å²) >= 11 is 0. The van der Waals surface area contributed by atoms with E-state index in [-0.39, 0.29) is 17.0 Å². The molecule has 1 fully saturated rings. The molecule has 0 bridgehead atoms. The molecule has 2 amide bonds. The number of alkyl halides is 3. The van der Waals surface area contributed by atoms with E-state index in [0.29, 0.717) is 24.9 Å². The number of carbonyl (C=O) groups is 2. The average Bonchev–Trinajstić information content (AvgIpc) is 3.33. The van der Waals surface area contributed by atoms with Gasteiger partial charge in [-0.3, -0.25) is 9.59 Å². The lowest BCUT2D eigenvalue weighted by Gasteiger charge is -2.26. The van der Waals surface area contributed by atoms with Crippen LogP contribution in [0.4, 0.5) is 13.2 Å². The summed E-state index contributed by atoms with van der Waals surface area (Å²) in [6.45, 7) is 1.81. The average molecular weight is 522 g/mol. The van der Waals surface area contributed by atoms with E-state index in [4.69, 9.17) is 6.42 Å². The second kappa shape index (κ2) is 10.7. The zero-order valence-corrected chi connectivity index (χ0v) is 20.6. The SMILES string of the molecule is C#CCN(C)S(=O)(=O)c1cccc(C(=O)N2CCC[C@@H]2C(=O)N[C@H](C)c2ccc(C(F)(F)F)cc2)c1. The molecule has 0 spiro atoms. The van der Waals surface area contributed by atoms with E-state index < -0.39 is 45.7 Å². The fraction of sp³-hybridized carbons (Fsp3) is 0.360. The topological polar surface area (TPSA) is 86.8 Å². The largest absolute Gasteiger partial charge is 0.416 e. The number of terminal acetylenes is 1. The quantitative estimate of drug-likeness (QED) is 0.566. The zero-order valence-electron chi connectivity index (χ0n) is 19.7. The molecule has 0 unspecified atom stereocenters. The van der Waals surface area contributed by atoms with E-state index in [1.54, 1.807) is 6.92 Å². The molecular weight excluding hydrogens is 495 g/mol. The van der Waals surface area contributed by atoms with Crippen LogP contribution in [0.15, 0.2) is 53.4 Å². The first-order valence-corrected chi connectivity index (χ1v) is 12.6. The number of amides is 2. The summed E-state index contributed by atoms with van der Waals surface area (Å²) in [5, 5.41) is 2.76. The molecular formula is C25H26F3N3O4S. The molecule has 3 rings (SSSR count). The Hall–Kier alpha value is -3.36. The second-order valence-corrected chi connectivity index (χ2v) is 10.5. The van der Waals surface area contributed by atoms with Gasteiger partial charge in [0.2, 0.25) is 15.9 Å². The molecule has 0 saturated carbocycles. The van der Waals surface area contributed by atoms with Gasteiger partial charge in [-0.2, -0.15) is 17.5 Å². The van der Waals surface area contributed by atoms with Gasteiger partial charge in [-0.15, -0.1) is 6.42 Å². The molecule has 1 heterocycles. The smallest absolute Gasteiger partial charge is 0.348 e. The molecule has 11 heteroatoms. The van der Waals surface area contributed by atoms with Crippen molar-refractivity contribution in [3.05, 3.63) is 65.2 Å². The van der Waals surface area contributed by atoms with E-state index in [0.717, 1.165) is 16.4 Å². The van der Waals surface area contributed by atoms with Crippen molar-refractivity contribution >= 4 is 21.8 Å². The van der Waals surface area contributed by atoms with Gasteiger partial charge in [-0.05, 0) is 55.7 Å². The highest BCUT2D eigenvalue weighted by Gasteiger charge is 2.36. The third kappa shape index (κ3) is 5.88. The first kappa shape index (κ1) is 27.2. The Morgan fingerprint density at radius 2 is 1.89 bits per heavy atom. The Labute approximate surface area is 208 Å². The van der Waals surface area contributed by atoms with Crippen molar-refractivity contribution in [1.82, 2.24) is 14.5 Å². The molecule has 0 aromatic heterocycles. The van der Waals surface area contributed by atoms with Gasteiger partial charge in [-0.1, -0.05) is 24.1 Å². The fourth-order valence-electron chi connectivity index (χ4n) is 3.98. The minimum Gasteiger partial charge on any atom is -0.348 e. The van der Waals surface area contributed by atoms with Gasteiger partial charge < -0.3 is 10.2 Å². The molecule has 1 aliphatic heterocycles. The summed E-state index contributed by atoms with van der Waals surface area (Å²) in [5.41, 5.74) is -0.186. The minimum atomic E-state index is -4.46. The summed E-state index contributed by atoms with van der Waals surface area (Å²) < 4.78 is 64.8. The van der Waals surface area contributed by atoms with Crippen molar-refractivity contribution in [2.45, 2.75) is 42.9 Å². The first-order valence-electron chi connectivity index (χ1n) is 11.1. The van der Waals surface area contributed by atoms with Crippen LogP contribution in [0, 0.1) is 12.3 Å². The first-order chi connectivity index (χ1) is 16.9. The minimum absolute atomic E-state index is 0.0952. The molecule has 2 aromatic carbocycles. The van der Waals surface area contributed by atoms with Crippen LogP contribution in [0.3, 0.4) is 0 Å². The number of hydrogen-bond acceptors (Lipinski definition) is 4. The number of carbonyl (C=O) groups excluding carboxylic acids is 2. The number of nitrogens with zero attached hydrogens (tertiary/aromatic N) is 2. The summed E-state index contributed by atoms with van der Waals surface area (Å²) in [6.07, 6.45) is 1.72. The Kier molecular flexibility index (Phi) is 8.11.